The highest BCUT2D eigenvalue weighted by Gasteiger charge is 2.60. The summed E-state index contributed by atoms with van der Waals surface area (Å²) >= 11 is 0. The fraction of sp³-hybridized carbons (Fsp3) is 0.220. The first kappa shape index (κ1) is 25.4. The number of ether oxygens (including phenoxy) is 2. The van der Waals surface area contributed by atoms with Gasteiger partial charge in [-0.25, -0.2) is 0 Å². The molecule has 0 amide bonds. The summed E-state index contributed by atoms with van der Waals surface area (Å²) in [5, 5.41) is 1.24. The molecule has 220 valence electrons. The highest BCUT2D eigenvalue weighted by Crippen LogP contribution is 2.62. The van der Waals surface area contributed by atoms with E-state index in [9.17, 15) is 0 Å². The minimum atomic E-state index is -0.340. The Balaban J connectivity index is 1.17. The largest absolute Gasteiger partial charge is 0.486 e. The number of nitrogens with one attached hydrogen (secondary N) is 1. The molecule has 1 spiro atoms. The van der Waals surface area contributed by atoms with Crippen LogP contribution in [0.15, 0.2) is 131 Å². The third-order valence-corrected chi connectivity index (χ3v) is 10.7. The Morgan fingerprint density at radius 3 is 2.71 bits per heavy atom. The summed E-state index contributed by atoms with van der Waals surface area (Å²) < 4.78 is 20.2. The highest BCUT2D eigenvalue weighted by molar-refractivity contribution is 5.98. The van der Waals surface area contributed by atoms with E-state index >= 15 is 0 Å². The lowest BCUT2D eigenvalue weighted by Crippen LogP contribution is -2.58. The number of hydrogen-bond donors (Lipinski definition) is 1. The van der Waals surface area contributed by atoms with Gasteiger partial charge in [0, 0.05) is 56.8 Å². The van der Waals surface area contributed by atoms with Crippen LogP contribution in [0.1, 0.15) is 41.7 Å². The SMILES string of the molecule is C1=CC2Oc3cc(-c4ccc[nH]4)ccc3C3(C4=CCCC=C4OC4C=C(c5cccc6oc7c(c56)CCC=C7)C=CC43)C2C=C1. The first-order valence-corrected chi connectivity index (χ1v) is 16.3. The van der Waals surface area contributed by atoms with Gasteiger partial charge in [0.1, 0.15) is 35.1 Å². The fourth-order valence-corrected chi connectivity index (χ4v) is 8.89. The van der Waals surface area contributed by atoms with Crippen LogP contribution in [0.2, 0.25) is 0 Å². The Labute approximate surface area is 262 Å². The molecule has 4 aliphatic carbocycles. The fourth-order valence-electron chi connectivity index (χ4n) is 8.89. The molecule has 1 saturated heterocycles. The van der Waals surface area contributed by atoms with Crippen LogP contribution in [0.3, 0.4) is 0 Å². The molecule has 1 N–H and O–H groups in total. The Kier molecular flexibility index (Phi) is 5.37. The molecule has 4 nitrogen and oxygen atoms in total. The van der Waals surface area contributed by atoms with Crippen molar-refractivity contribution in [3.05, 3.63) is 149 Å². The second-order valence-electron chi connectivity index (χ2n) is 13.0. The quantitative estimate of drug-likeness (QED) is 0.254. The van der Waals surface area contributed by atoms with Crippen LogP contribution < -0.4 is 4.74 Å². The summed E-state index contributed by atoms with van der Waals surface area (Å²) in [4.78, 5) is 3.38. The number of benzene rings is 2. The monoisotopic (exact) mass is 587 g/mol. The topological polar surface area (TPSA) is 47.4 Å². The Morgan fingerprint density at radius 1 is 0.822 bits per heavy atom. The van der Waals surface area contributed by atoms with Gasteiger partial charge in [-0.2, -0.15) is 0 Å². The van der Waals surface area contributed by atoms with Crippen molar-refractivity contribution in [1.82, 2.24) is 4.98 Å². The minimum Gasteiger partial charge on any atom is -0.486 e. The standard InChI is InChI=1S/C41H33NO3/c1-4-14-34-28(9-1)40-27(10-7-17-37(40)43-34)25-18-20-31-38(23-25)44-35-15-5-2-11-29(35)41(31)30-12-3-6-16-36(30)45-39-24-26(19-21-32(39)41)33-13-8-22-42-33/h3-4,6-8,10-24,30-31,36,38,42H,1-2,5,9H2. The van der Waals surface area contributed by atoms with E-state index in [0.29, 0.717) is 0 Å². The molecule has 0 bridgehead atoms. The van der Waals surface area contributed by atoms with Gasteiger partial charge in [0.05, 0.1) is 0 Å². The molecular formula is C41H33NO3. The number of rotatable bonds is 2. The second kappa shape index (κ2) is 9.52. The minimum absolute atomic E-state index is 0.0674. The summed E-state index contributed by atoms with van der Waals surface area (Å²) in [6.07, 6.45) is 31.1. The van der Waals surface area contributed by atoms with Gasteiger partial charge in [-0.05, 0) is 85.4 Å². The Hall–Kier alpha value is -4.96. The van der Waals surface area contributed by atoms with E-state index in [4.69, 9.17) is 13.9 Å². The molecule has 5 atom stereocenters. The zero-order valence-corrected chi connectivity index (χ0v) is 24.9. The number of furan rings is 1. The van der Waals surface area contributed by atoms with Crippen LogP contribution in [0.4, 0.5) is 0 Å². The van der Waals surface area contributed by atoms with Crippen molar-refractivity contribution in [2.75, 3.05) is 0 Å². The van der Waals surface area contributed by atoms with E-state index in [0.717, 1.165) is 59.8 Å². The van der Waals surface area contributed by atoms with E-state index in [1.807, 2.05) is 12.3 Å². The van der Waals surface area contributed by atoms with Crippen LogP contribution in [0.5, 0.6) is 5.75 Å². The van der Waals surface area contributed by atoms with Crippen LogP contribution >= 0.6 is 0 Å². The number of fused-ring (bicyclic) bond motifs is 11. The molecule has 10 rings (SSSR count). The molecule has 45 heavy (non-hydrogen) atoms. The molecule has 2 aromatic carbocycles. The first-order chi connectivity index (χ1) is 22.3. The number of aromatic amines is 1. The van der Waals surface area contributed by atoms with E-state index < -0.39 is 0 Å². The van der Waals surface area contributed by atoms with Crippen molar-refractivity contribution in [2.24, 2.45) is 11.8 Å². The van der Waals surface area contributed by atoms with Crippen LogP contribution in [0.25, 0.3) is 33.9 Å². The van der Waals surface area contributed by atoms with Gasteiger partial charge in [-0.15, -0.1) is 0 Å². The van der Waals surface area contributed by atoms with Gasteiger partial charge >= 0.3 is 0 Å². The number of allylic oxidation sites excluding steroid dienone is 8. The van der Waals surface area contributed by atoms with Gasteiger partial charge in [0.2, 0.25) is 0 Å². The number of hydrogen-bond acceptors (Lipinski definition) is 3. The highest BCUT2D eigenvalue weighted by atomic mass is 16.5. The lowest BCUT2D eigenvalue weighted by molar-refractivity contribution is 0.00736. The average Bonchev–Trinajstić information content (AvgIpc) is 3.77. The molecule has 4 heterocycles. The summed E-state index contributed by atoms with van der Waals surface area (Å²) in [5.41, 5.74) is 9.13. The molecule has 1 fully saturated rings. The van der Waals surface area contributed by atoms with E-state index in [2.05, 4.69) is 114 Å². The predicted octanol–water partition coefficient (Wildman–Crippen LogP) is 9.40. The molecule has 4 aromatic rings. The zero-order chi connectivity index (χ0) is 29.5. The normalized spacial score (nSPS) is 28.6. The number of H-pyrrole nitrogens is 1. The Morgan fingerprint density at radius 2 is 1.76 bits per heavy atom. The average molecular weight is 588 g/mol. The molecule has 5 unspecified atom stereocenters. The van der Waals surface area contributed by atoms with E-state index in [1.165, 1.54) is 33.2 Å². The lowest BCUT2D eigenvalue weighted by Gasteiger charge is -2.57. The number of aryl methyl sites for hydroxylation is 1. The molecule has 0 saturated carbocycles. The maximum atomic E-state index is 7.00. The van der Waals surface area contributed by atoms with Crippen molar-refractivity contribution in [2.45, 2.75) is 43.3 Å². The summed E-state index contributed by atoms with van der Waals surface area (Å²) in [6, 6.07) is 17.4. The predicted molar refractivity (Wildman–Crippen MR) is 179 cm³/mol. The second-order valence-corrected chi connectivity index (χ2v) is 13.0. The summed E-state index contributed by atoms with van der Waals surface area (Å²) in [7, 11) is 0. The van der Waals surface area contributed by atoms with Crippen LogP contribution in [-0.4, -0.2) is 17.2 Å². The van der Waals surface area contributed by atoms with Crippen molar-refractivity contribution in [3.63, 3.8) is 0 Å². The van der Waals surface area contributed by atoms with E-state index in [1.54, 1.807) is 0 Å². The van der Waals surface area contributed by atoms with Gasteiger partial charge in [-0.3, -0.25) is 0 Å². The van der Waals surface area contributed by atoms with Crippen molar-refractivity contribution in [1.29, 1.82) is 0 Å². The molecule has 4 heteroatoms. The van der Waals surface area contributed by atoms with Crippen molar-refractivity contribution in [3.8, 4) is 17.0 Å². The molecule has 2 aliphatic heterocycles. The third kappa shape index (κ3) is 3.54. The Bertz CT molecular complexity index is 2090. The van der Waals surface area contributed by atoms with Gasteiger partial charge in [0.25, 0.3) is 0 Å². The molecule has 0 radical (unpaired) electrons. The lowest BCUT2D eigenvalue weighted by atomic mass is 9.51. The zero-order valence-electron chi connectivity index (χ0n) is 24.9. The van der Waals surface area contributed by atoms with Gasteiger partial charge in [-0.1, -0.05) is 66.8 Å². The molecule has 2 aromatic heterocycles. The maximum absolute atomic E-state index is 7.00. The van der Waals surface area contributed by atoms with Gasteiger partial charge < -0.3 is 18.9 Å². The van der Waals surface area contributed by atoms with Crippen LogP contribution in [-0.2, 0) is 16.6 Å². The van der Waals surface area contributed by atoms with Crippen molar-refractivity contribution >= 4 is 22.6 Å². The molecule has 6 aliphatic rings. The maximum Gasteiger partial charge on any atom is 0.135 e. The summed E-state index contributed by atoms with van der Waals surface area (Å²) in [5.74, 6) is 3.20. The first-order valence-electron chi connectivity index (χ1n) is 16.3. The smallest absolute Gasteiger partial charge is 0.135 e. The van der Waals surface area contributed by atoms with Gasteiger partial charge in [0.15, 0.2) is 0 Å². The van der Waals surface area contributed by atoms with Crippen LogP contribution in [0, 0.1) is 11.8 Å². The van der Waals surface area contributed by atoms with Crippen molar-refractivity contribution < 1.29 is 13.9 Å². The number of aromatic nitrogens is 1. The van der Waals surface area contributed by atoms with E-state index in [-0.39, 0.29) is 29.5 Å². The summed E-state index contributed by atoms with van der Waals surface area (Å²) in [6.45, 7) is 0. The molecular weight excluding hydrogens is 554 g/mol. The third-order valence-electron chi connectivity index (χ3n) is 10.7.